The molecule has 2 N–H and O–H groups in total. The summed E-state index contributed by atoms with van der Waals surface area (Å²) in [5, 5.41) is 5.80. The third kappa shape index (κ3) is 3.61. The number of benzene rings is 1. The molecule has 1 aromatic carbocycles. The summed E-state index contributed by atoms with van der Waals surface area (Å²) in [7, 11) is 0. The third-order valence-electron chi connectivity index (χ3n) is 6.34. The largest absolute Gasteiger partial charge is 0.383 e. The monoisotopic (exact) mass is 491 g/mol. The van der Waals surface area contributed by atoms with Crippen LogP contribution in [0.3, 0.4) is 0 Å². The molecule has 0 bridgehead atoms. The maximum absolute atomic E-state index is 15.2. The first-order valence-corrected chi connectivity index (χ1v) is 12.0. The number of hydrogen-bond donors (Lipinski definition) is 1. The van der Waals surface area contributed by atoms with E-state index in [0.717, 1.165) is 17.8 Å². The Hall–Kier alpha value is -3.91. The van der Waals surface area contributed by atoms with E-state index in [9.17, 15) is 9.18 Å². The zero-order chi connectivity index (χ0) is 24.3. The number of rotatable bonds is 3. The van der Waals surface area contributed by atoms with Crippen LogP contribution in [0.1, 0.15) is 47.5 Å². The molecule has 0 unspecified atom stereocenters. The molecule has 4 heterocycles. The van der Waals surface area contributed by atoms with Gasteiger partial charge in [0.05, 0.1) is 26.7 Å². The molecule has 1 aliphatic carbocycles. The van der Waals surface area contributed by atoms with Gasteiger partial charge >= 0.3 is 0 Å². The number of nitrogens with two attached hydrogens (primary N) is 1. The van der Waals surface area contributed by atoms with Gasteiger partial charge in [-0.15, -0.1) is 11.3 Å². The molecule has 2 aliphatic rings. The number of thiazole rings is 1. The van der Waals surface area contributed by atoms with Crippen LogP contribution >= 0.6 is 11.3 Å². The van der Waals surface area contributed by atoms with Crippen LogP contribution in [0.5, 0.6) is 0 Å². The lowest BCUT2D eigenvalue weighted by Gasteiger charge is -2.14. The summed E-state index contributed by atoms with van der Waals surface area (Å²) >= 11 is 1.32. The topological polar surface area (TPSA) is 103 Å². The van der Waals surface area contributed by atoms with Crippen molar-refractivity contribution in [2.24, 2.45) is 0 Å². The third-order valence-corrected chi connectivity index (χ3v) is 7.50. The lowest BCUT2D eigenvalue weighted by molar-refractivity contribution is -0.125. The summed E-state index contributed by atoms with van der Waals surface area (Å²) in [6.45, 7) is 4.50. The van der Waals surface area contributed by atoms with Crippen molar-refractivity contribution in [1.82, 2.24) is 29.6 Å². The van der Waals surface area contributed by atoms with Crippen LogP contribution in [-0.4, -0.2) is 48.6 Å². The molecule has 3 aromatic heterocycles. The summed E-state index contributed by atoms with van der Waals surface area (Å²) in [5.74, 6) is 4.19. The van der Waals surface area contributed by atoms with Crippen LogP contribution in [0.25, 0.3) is 21.3 Å². The second-order valence-corrected chi connectivity index (χ2v) is 9.71. The average Bonchev–Trinajstić information content (AvgIpc) is 3.26. The number of amides is 1. The van der Waals surface area contributed by atoms with Gasteiger partial charge in [0.15, 0.2) is 11.5 Å². The van der Waals surface area contributed by atoms with Crippen LogP contribution in [-0.2, 0) is 4.79 Å². The highest BCUT2D eigenvalue weighted by molar-refractivity contribution is 7.18. The minimum Gasteiger partial charge on any atom is -0.383 e. The number of nitrogen functional groups attached to an aromatic ring is 1. The van der Waals surface area contributed by atoms with Crippen molar-refractivity contribution < 1.29 is 13.6 Å². The Morgan fingerprint density at radius 3 is 2.86 bits per heavy atom. The minimum atomic E-state index is -0.780. The highest BCUT2D eigenvalue weighted by Crippen LogP contribution is 2.44. The van der Waals surface area contributed by atoms with Gasteiger partial charge in [0.25, 0.3) is 0 Å². The number of fused-ring (bicyclic) bond motifs is 2. The number of likely N-dealkylation sites (tertiary alicyclic amines) is 1. The predicted molar refractivity (Wildman–Crippen MR) is 128 cm³/mol. The summed E-state index contributed by atoms with van der Waals surface area (Å²) < 4.78 is 32.2. The molecule has 35 heavy (non-hydrogen) atoms. The van der Waals surface area contributed by atoms with Gasteiger partial charge in [0.1, 0.15) is 29.2 Å². The second kappa shape index (κ2) is 8.09. The molecule has 1 atom stereocenters. The van der Waals surface area contributed by atoms with E-state index < -0.39 is 11.6 Å². The maximum atomic E-state index is 15.2. The average molecular weight is 492 g/mol. The first-order chi connectivity index (χ1) is 16.9. The van der Waals surface area contributed by atoms with Gasteiger partial charge in [0, 0.05) is 19.0 Å². The maximum Gasteiger partial charge on any atom is 0.246 e. The highest BCUT2D eigenvalue weighted by atomic mass is 32.1. The van der Waals surface area contributed by atoms with E-state index in [1.54, 1.807) is 9.58 Å². The molecule has 0 spiro atoms. The van der Waals surface area contributed by atoms with E-state index >= 15 is 4.39 Å². The molecule has 1 saturated carbocycles. The van der Waals surface area contributed by atoms with E-state index in [1.807, 2.05) is 0 Å². The number of nitrogens with zero attached hydrogens (tertiary/aromatic N) is 6. The van der Waals surface area contributed by atoms with Crippen LogP contribution < -0.4 is 5.73 Å². The molecule has 1 amide bonds. The van der Waals surface area contributed by atoms with Crippen LogP contribution in [0.15, 0.2) is 25.0 Å². The minimum absolute atomic E-state index is 0.138. The molecular weight excluding hydrogens is 472 g/mol. The van der Waals surface area contributed by atoms with Gasteiger partial charge in [-0.25, -0.2) is 28.4 Å². The number of carbonyl (C=O) groups is 1. The SMILES string of the molecule is C=CC(=O)N1CC[C@H](n2nc(C#Cc3c(F)cc4sc(C5CC5)nc4c3F)c3c(N)ncnc32)C1. The van der Waals surface area contributed by atoms with E-state index in [2.05, 4.69) is 38.5 Å². The fourth-order valence-corrected chi connectivity index (χ4v) is 5.52. The number of aromatic nitrogens is 5. The lowest BCUT2D eigenvalue weighted by atomic mass is 10.1. The number of carbonyl (C=O) groups excluding carboxylic acids is 1. The number of hydrogen-bond acceptors (Lipinski definition) is 7. The van der Waals surface area contributed by atoms with Crippen molar-refractivity contribution >= 4 is 44.3 Å². The Labute approximate surface area is 202 Å². The molecular formula is C24H19F2N7OS. The molecule has 0 radical (unpaired) electrons. The Balaban J connectivity index is 1.42. The predicted octanol–water partition coefficient (Wildman–Crippen LogP) is 3.53. The van der Waals surface area contributed by atoms with E-state index in [4.69, 9.17) is 5.73 Å². The quantitative estimate of drug-likeness (QED) is 0.347. The Morgan fingerprint density at radius 2 is 2.09 bits per heavy atom. The number of anilines is 1. The van der Waals surface area contributed by atoms with Gasteiger partial charge in [0.2, 0.25) is 5.91 Å². The van der Waals surface area contributed by atoms with Crippen LogP contribution in [0.2, 0.25) is 0 Å². The van der Waals surface area contributed by atoms with Crippen molar-refractivity contribution in [3.8, 4) is 11.8 Å². The standard InChI is InChI=1S/C24H19F2N7OS/c1-2-18(34)32-8-7-13(10-32)33-23-19(22(27)28-11-29-23)16(31-33)6-5-14-15(25)9-17-21(20(14)26)30-24(35-17)12-3-4-12/h2,9,11-13H,1,3-4,7-8,10H2,(H2,27,28,29)/t13-/m0/s1. The van der Waals surface area contributed by atoms with Crippen molar-refractivity contribution in [1.29, 1.82) is 0 Å². The van der Waals surface area contributed by atoms with Crippen molar-refractivity contribution in [3.63, 3.8) is 0 Å². The van der Waals surface area contributed by atoms with Gasteiger partial charge in [-0.1, -0.05) is 12.5 Å². The first kappa shape index (κ1) is 21.6. The van der Waals surface area contributed by atoms with E-state index in [-0.39, 0.29) is 34.5 Å². The highest BCUT2D eigenvalue weighted by Gasteiger charge is 2.30. The van der Waals surface area contributed by atoms with Gasteiger partial charge in [-0.3, -0.25) is 4.79 Å². The van der Waals surface area contributed by atoms with Gasteiger partial charge < -0.3 is 10.6 Å². The first-order valence-electron chi connectivity index (χ1n) is 11.1. The van der Waals surface area contributed by atoms with Gasteiger partial charge in [-0.05, 0) is 37.3 Å². The lowest BCUT2D eigenvalue weighted by Crippen LogP contribution is -2.27. The fraction of sp³-hybridized carbons (Fsp3) is 0.292. The molecule has 11 heteroatoms. The summed E-state index contributed by atoms with van der Waals surface area (Å²) in [6.07, 6.45) is 5.30. The van der Waals surface area contributed by atoms with Crippen molar-refractivity contribution in [3.05, 3.63) is 52.9 Å². The summed E-state index contributed by atoms with van der Waals surface area (Å²) in [4.78, 5) is 26.4. The summed E-state index contributed by atoms with van der Waals surface area (Å²) in [5.41, 5.74) is 6.53. The molecule has 8 nitrogen and oxygen atoms in total. The molecule has 1 aliphatic heterocycles. The van der Waals surface area contributed by atoms with E-state index in [1.165, 1.54) is 29.8 Å². The molecule has 6 rings (SSSR count). The molecule has 176 valence electrons. The molecule has 4 aromatic rings. The zero-order valence-electron chi connectivity index (χ0n) is 18.5. The molecule has 1 saturated heterocycles. The smallest absolute Gasteiger partial charge is 0.246 e. The van der Waals surface area contributed by atoms with E-state index in [0.29, 0.717) is 41.2 Å². The Morgan fingerprint density at radius 1 is 1.26 bits per heavy atom. The van der Waals surface area contributed by atoms with Crippen molar-refractivity contribution in [2.45, 2.75) is 31.2 Å². The van der Waals surface area contributed by atoms with Crippen molar-refractivity contribution in [2.75, 3.05) is 18.8 Å². The van der Waals surface area contributed by atoms with Gasteiger partial charge in [-0.2, -0.15) is 5.10 Å². The van der Waals surface area contributed by atoms with Crippen LogP contribution in [0, 0.1) is 23.5 Å². The fourth-order valence-electron chi connectivity index (χ4n) is 4.36. The second-order valence-electron chi connectivity index (χ2n) is 8.65. The Kier molecular flexibility index (Phi) is 5.00. The zero-order valence-corrected chi connectivity index (χ0v) is 19.3. The number of halogens is 2. The normalized spacial score (nSPS) is 17.7. The summed E-state index contributed by atoms with van der Waals surface area (Å²) in [6, 6.07) is 1.12. The van der Waals surface area contributed by atoms with Crippen LogP contribution in [0.4, 0.5) is 14.6 Å². The molecule has 2 fully saturated rings. The Bertz CT molecular complexity index is 1590.